The van der Waals surface area contributed by atoms with Crippen LogP contribution >= 0.6 is 11.3 Å². The number of amides is 1. The molecule has 0 saturated heterocycles. The highest BCUT2D eigenvalue weighted by Crippen LogP contribution is 2.30. The molecule has 3 rings (SSSR count). The number of nitrogens with one attached hydrogen (secondary N) is 1. The lowest BCUT2D eigenvalue weighted by molar-refractivity contribution is -0.127. The van der Waals surface area contributed by atoms with Gasteiger partial charge < -0.3 is 0 Å². The number of hydrazone groups is 1. The van der Waals surface area contributed by atoms with Crippen molar-refractivity contribution < 1.29 is 9.18 Å². The Morgan fingerprint density at radius 1 is 1.29 bits per heavy atom. The van der Waals surface area contributed by atoms with E-state index in [-0.39, 0.29) is 11.7 Å². The summed E-state index contributed by atoms with van der Waals surface area (Å²) in [5, 5.41) is 6.13. The van der Waals surface area contributed by atoms with E-state index in [2.05, 4.69) is 26.9 Å². The van der Waals surface area contributed by atoms with Gasteiger partial charge in [0.05, 0.1) is 0 Å². The van der Waals surface area contributed by atoms with Gasteiger partial charge in [-0.1, -0.05) is 12.1 Å². The Morgan fingerprint density at radius 2 is 2.04 bits per heavy atom. The first kappa shape index (κ1) is 16.8. The van der Waals surface area contributed by atoms with E-state index < -0.39 is 6.04 Å². The van der Waals surface area contributed by atoms with Crippen molar-refractivity contribution in [1.29, 1.82) is 0 Å². The number of hydrogen-bond donors (Lipinski definition) is 1. The third-order valence-electron chi connectivity index (χ3n) is 4.03. The fourth-order valence-corrected chi connectivity index (χ4v) is 3.78. The maximum atomic E-state index is 13.3. The van der Waals surface area contributed by atoms with Gasteiger partial charge in [0.15, 0.2) is 0 Å². The zero-order chi connectivity index (χ0) is 17.1. The van der Waals surface area contributed by atoms with Crippen molar-refractivity contribution in [3.63, 3.8) is 0 Å². The minimum Gasteiger partial charge on any atom is -0.284 e. The zero-order valence-electron chi connectivity index (χ0n) is 13.8. The van der Waals surface area contributed by atoms with Crippen LogP contribution in [0.5, 0.6) is 0 Å². The molecule has 2 aromatic rings. The summed E-state index contributed by atoms with van der Waals surface area (Å²) in [6, 6.07) is 7.76. The molecular formula is C18H20FN3OS. The lowest BCUT2D eigenvalue weighted by Gasteiger charge is -2.33. The van der Waals surface area contributed by atoms with Gasteiger partial charge in [-0.25, -0.2) is 9.82 Å². The molecule has 0 saturated carbocycles. The molecule has 1 amide bonds. The van der Waals surface area contributed by atoms with Crippen molar-refractivity contribution in [2.45, 2.75) is 32.9 Å². The Kier molecular flexibility index (Phi) is 5.06. The average molecular weight is 345 g/mol. The van der Waals surface area contributed by atoms with E-state index >= 15 is 0 Å². The topological polar surface area (TPSA) is 44.7 Å². The first-order chi connectivity index (χ1) is 11.5. The average Bonchev–Trinajstić information content (AvgIpc) is 3.03. The molecule has 0 spiro atoms. The largest absolute Gasteiger partial charge is 0.284 e. The summed E-state index contributed by atoms with van der Waals surface area (Å²) in [5.41, 5.74) is 5.44. The predicted molar refractivity (Wildman–Crippen MR) is 94.5 cm³/mol. The second-order valence-corrected chi connectivity index (χ2v) is 7.08. The molecule has 0 bridgehead atoms. The Morgan fingerprint density at radius 3 is 2.75 bits per heavy atom. The molecule has 1 aromatic carbocycles. The minimum atomic E-state index is -0.484. The normalized spacial score (nSPS) is 15.5. The first-order valence-corrected chi connectivity index (χ1v) is 8.78. The smallest absolute Gasteiger partial charge is 0.262 e. The molecule has 126 valence electrons. The zero-order valence-corrected chi connectivity index (χ0v) is 14.6. The maximum absolute atomic E-state index is 13.3. The van der Waals surface area contributed by atoms with E-state index in [1.165, 1.54) is 22.6 Å². The van der Waals surface area contributed by atoms with Gasteiger partial charge in [0, 0.05) is 23.7 Å². The third kappa shape index (κ3) is 3.71. The highest BCUT2D eigenvalue weighted by molar-refractivity contribution is 7.10. The van der Waals surface area contributed by atoms with Gasteiger partial charge in [0.1, 0.15) is 11.9 Å². The highest BCUT2D eigenvalue weighted by atomic mass is 32.1. The lowest BCUT2D eigenvalue weighted by atomic mass is 10.0. The number of carbonyl (C=O) groups is 1. The highest BCUT2D eigenvalue weighted by Gasteiger charge is 2.30. The molecule has 1 atom stereocenters. The van der Waals surface area contributed by atoms with Crippen molar-refractivity contribution in [2.75, 3.05) is 6.54 Å². The van der Waals surface area contributed by atoms with E-state index in [1.807, 2.05) is 13.8 Å². The second-order valence-electron chi connectivity index (χ2n) is 6.08. The number of halogens is 1. The number of carbonyl (C=O) groups excluding carboxylic acids is 1. The molecule has 0 aliphatic carbocycles. The SMILES string of the molecule is CC(C)=NNC(=O)C(c1ccc(F)cc1)N1CCc2sccc2C1. The minimum absolute atomic E-state index is 0.193. The van der Waals surface area contributed by atoms with Crippen LogP contribution in [0.4, 0.5) is 4.39 Å². The van der Waals surface area contributed by atoms with Crippen LogP contribution in [0.25, 0.3) is 0 Å². The number of fused-ring (bicyclic) bond motifs is 1. The van der Waals surface area contributed by atoms with Crippen molar-refractivity contribution >= 4 is 23.0 Å². The molecule has 1 aromatic heterocycles. The van der Waals surface area contributed by atoms with Crippen LogP contribution in [0.15, 0.2) is 40.8 Å². The predicted octanol–water partition coefficient (Wildman–Crippen LogP) is 3.50. The molecule has 6 heteroatoms. The second kappa shape index (κ2) is 7.23. The molecule has 4 nitrogen and oxygen atoms in total. The molecule has 0 radical (unpaired) electrons. The Bertz CT molecular complexity index is 750. The summed E-state index contributed by atoms with van der Waals surface area (Å²) >= 11 is 1.76. The number of rotatable bonds is 4. The number of hydrogen-bond acceptors (Lipinski definition) is 4. The molecular weight excluding hydrogens is 325 g/mol. The molecule has 0 fully saturated rings. The van der Waals surface area contributed by atoms with Gasteiger partial charge in [-0.05, 0) is 55.0 Å². The molecule has 2 heterocycles. The fraction of sp³-hybridized carbons (Fsp3) is 0.333. The van der Waals surface area contributed by atoms with Crippen LogP contribution in [-0.2, 0) is 17.8 Å². The Hall–Kier alpha value is -2.05. The Balaban J connectivity index is 1.88. The third-order valence-corrected chi connectivity index (χ3v) is 5.05. The van der Waals surface area contributed by atoms with Crippen LogP contribution in [-0.4, -0.2) is 23.1 Å². The van der Waals surface area contributed by atoms with Gasteiger partial charge in [0.25, 0.3) is 5.91 Å². The van der Waals surface area contributed by atoms with E-state index in [4.69, 9.17) is 0 Å². The Labute approximate surface area is 145 Å². The van der Waals surface area contributed by atoms with E-state index in [0.29, 0.717) is 6.54 Å². The van der Waals surface area contributed by atoms with E-state index in [9.17, 15) is 9.18 Å². The number of thiophene rings is 1. The summed E-state index contributed by atoms with van der Waals surface area (Å²) < 4.78 is 13.3. The van der Waals surface area contributed by atoms with Gasteiger partial charge in [-0.3, -0.25) is 9.69 Å². The van der Waals surface area contributed by atoms with Gasteiger partial charge in [0.2, 0.25) is 0 Å². The first-order valence-electron chi connectivity index (χ1n) is 7.90. The summed E-state index contributed by atoms with van der Waals surface area (Å²) in [4.78, 5) is 16.2. The van der Waals surface area contributed by atoms with Crippen LogP contribution in [0.1, 0.15) is 35.9 Å². The van der Waals surface area contributed by atoms with Crippen LogP contribution in [0.2, 0.25) is 0 Å². The summed E-state index contributed by atoms with van der Waals surface area (Å²) in [7, 11) is 0. The van der Waals surface area contributed by atoms with E-state index in [1.54, 1.807) is 23.5 Å². The number of nitrogens with zero attached hydrogens (tertiary/aromatic N) is 2. The van der Waals surface area contributed by atoms with Crippen LogP contribution < -0.4 is 5.43 Å². The molecule has 1 unspecified atom stereocenters. The summed E-state index contributed by atoms with van der Waals surface area (Å²) in [6.45, 7) is 5.15. The summed E-state index contributed by atoms with van der Waals surface area (Å²) in [6.07, 6.45) is 0.925. The number of benzene rings is 1. The van der Waals surface area contributed by atoms with Crippen LogP contribution in [0, 0.1) is 5.82 Å². The van der Waals surface area contributed by atoms with Crippen molar-refractivity contribution in [3.8, 4) is 0 Å². The lowest BCUT2D eigenvalue weighted by Crippen LogP contribution is -2.41. The fourth-order valence-electron chi connectivity index (χ4n) is 2.89. The van der Waals surface area contributed by atoms with Gasteiger partial charge >= 0.3 is 0 Å². The van der Waals surface area contributed by atoms with Crippen molar-refractivity contribution in [2.24, 2.45) is 5.10 Å². The van der Waals surface area contributed by atoms with Crippen molar-refractivity contribution in [3.05, 3.63) is 57.5 Å². The molecule has 24 heavy (non-hydrogen) atoms. The maximum Gasteiger partial charge on any atom is 0.262 e. The molecule has 1 aliphatic rings. The molecule has 1 N–H and O–H groups in total. The van der Waals surface area contributed by atoms with E-state index in [0.717, 1.165) is 24.2 Å². The van der Waals surface area contributed by atoms with Gasteiger partial charge in [-0.15, -0.1) is 11.3 Å². The monoisotopic (exact) mass is 345 g/mol. The van der Waals surface area contributed by atoms with Crippen LogP contribution in [0.3, 0.4) is 0 Å². The standard InChI is InChI=1S/C18H20FN3OS/c1-12(2)20-21-18(23)17(13-3-5-15(19)6-4-13)22-9-7-16-14(11-22)8-10-24-16/h3-6,8,10,17H,7,9,11H2,1-2H3,(H,21,23). The molecule has 1 aliphatic heterocycles. The summed E-state index contributed by atoms with van der Waals surface area (Å²) in [5.74, 6) is -0.499. The van der Waals surface area contributed by atoms with Crippen molar-refractivity contribution in [1.82, 2.24) is 10.3 Å². The quantitative estimate of drug-likeness (QED) is 0.681. The van der Waals surface area contributed by atoms with Gasteiger partial charge in [-0.2, -0.15) is 5.10 Å².